The molecule has 2 amide bonds. The average Bonchev–Trinajstić information content (AvgIpc) is 2.77. The van der Waals surface area contributed by atoms with Crippen molar-refractivity contribution < 1.29 is 28.3 Å². The summed E-state index contributed by atoms with van der Waals surface area (Å²) >= 11 is 0. The molecule has 0 bridgehead atoms. The third-order valence-corrected chi connectivity index (χ3v) is 4.33. The van der Waals surface area contributed by atoms with Crippen molar-refractivity contribution in [2.45, 2.75) is 71.5 Å². The summed E-state index contributed by atoms with van der Waals surface area (Å²) in [4.78, 5) is 38.3. The van der Waals surface area contributed by atoms with E-state index >= 15 is 0 Å². The van der Waals surface area contributed by atoms with Crippen LogP contribution in [0.3, 0.4) is 0 Å². The van der Waals surface area contributed by atoms with Crippen molar-refractivity contribution in [1.29, 1.82) is 0 Å². The highest BCUT2D eigenvalue weighted by atomic mass is 28.4. The topological polar surface area (TPSA) is 82.1 Å². The summed E-state index contributed by atoms with van der Waals surface area (Å²) < 4.78 is 16.6. The molecule has 8 heteroatoms. The normalized spacial score (nSPS) is 20.4. The summed E-state index contributed by atoms with van der Waals surface area (Å²) in [5, 5.41) is 0. The van der Waals surface area contributed by atoms with Crippen molar-refractivity contribution in [1.82, 2.24) is 4.90 Å². The van der Waals surface area contributed by atoms with E-state index in [0.29, 0.717) is 0 Å². The van der Waals surface area contributed by atoms with E-state index in [1.54, 1.807) is 34.6 Å². The largest absolute Gasteiger partial charge is 0.464 e. The lowest BCUT2D eigenvalue weighted by molar-refractivity contribution is -0.165. The van der Waals surface area contributed by atoms with Crippen LogP contribution >= 0.6 is 0 Å². The second kappa shape index (κ2) is 7.29. The standard InChI is InChI=1S/C17H29NO6Si/c1-9-22-14(20)17(5,24-25(6,7)8)12-10-11-13(19)18(12)15(21)23-16(2,3)4/h10-12H,9H2,1-8H3/t12-,17-/m1/s1. The van der Waals surface area contributed by atoms with Gasteiger partial charge < -0.3 is 13.9 Å². The molecule has 0 spiro atoms. The molecule has 1 heterocycles. The zero-order valence-corrected chi connectivity index (χ0v) is 17.3. The Balaban J connectivity index is 3.26. The van der Waals surface area contributed by atoms with Crippen LogP contribution in [0.1, 0.15) is 34.6 Å². The molecule has 1 aliphatic rings. The Morgan fingerprint density at radius 3 is 2.20 bits per heavy atom. The van der Waals surface area contributed by atoms with Crippen molar-refractivity contribution >= 4 is 26.3 Å². The Morgan fingerprint density at radius 1 is 1.20 bits per heavy atom. The maximum atomic E-state index is 12.6. The van der Waals surface area contributed by atoms with Gasteiger partial charge in [0.25, 0.3) is 5.91 Å². The molecule has 0 radical (unpaired) electrons. The summed E-state index contributed by atoms with van der Waals surface area (Å²) in [6, 6.07) is -0.930. The molecule has 0 fully saturated rings. The Labute approximate surface area is 150 Å². The van der Waals surface area contributed by atoms with Gasteiger partial charge in [0.15, 0.2) is 13.9 Å². The van der Waals surface area contributed by atoms with Gasteiger partial charge in [-0.15, -0.1) is 0 Å². The fraction of sp³-hybridized carbons (Fsp3) is 0.706. The minimum absolute atomic E-state index is 0.167. The SMILES string of the molecule is CCOC(=O)[C@](C)(O[Si](C)(C)C)[C@H]1C=CC(=O)N1C(=O)OC(C)(C)C. The van der Waals surface area contributed by atoms with Crippen LogP contribution in [-0.4, -0.2) is 55.0 Å². The number of amides is 2. The maximum Gasteiger partial charge on any atom is 0.417 e. The van der Waals surface area contributed by atoms with Gasteiger partial charge in [-0.25, -0.2) is 14.5 Å². The van der Waals surface area contributed by atoms with Gasteiger partial charge in [0, 0.05) is 6.08 Å². The highest BCUT2D eigenvalue weighted by molar-refractivity contribution is 6.70. The first-order valence-electron chi connectivity index (χ1n) is 8.33. The predicted molar refractivity (Wildman–Crippen MR) is 95.5 cm³/mol. The van der Waals surface area contributed by atoms with E-state index in [-0.39, 0.29) is 6.61 Å². The van der Waals surface area contributed by atoms with E-state index in [4.69, 9.17) is 13.9 Å². The van der Waals surface area contributed by atoms with Crippen LogP contribution in [0.5, 0.6) is 0 Å². The van der Waals surface area contributed by atoms with Crippen LogP contribution in [-0.2, 0) is 23.5 Å². The number of nitrogens with zero attached hydrogens (tertiary/aromatic N) is 1. The molecule has 0 saturated heterocycles. The molecule has 142 valence electrons. The average molecular weight is 372 g/mol. The van der Waals surface area contributed by atoms with Crippen LogP contribution in [0.2, 0.25) is 19.6 Å². The second-order valence-electron chi connectivity index (χ2n) is 8.03. The van der Waals surface area contributed by atoms with Crippen molar-refractivity contribution in [2.24, 2.45) is 0 Å². The number of ether oxygens (including phenoxy) is 2. The first-order valence-corrected chi connectivity index (χ1v) is 11.7. The molecular formula is C17H29NO6Si. The van der Waals surface area contributed by atoms with E-state index in [9.17, 15) is 14.4 Å². The molecule has 0 N–H and O–H groups in total. The number of carbonyl (C=O) groups excluding carboxylic acids is 3. The molecule has 0 aliphatic carbocycles. The van der Waals surface area contributed by atoms with Crippen LogP contribution in [0.4, 0.5) is 4.79 Å². The highest BCUT2D eigenvalue weighted by Crippen LogP contribution is 2.32. The lowest BCUT2D eigenvalue weighted by atomic mass is 9.96. The van der Waals surface area contributed by atoms with Crippen LogP contribution in [0, 0.1) is 0 Å². The molecule has 0 aromatic rings. The Hall–Kier alpha value is -1.67. The fourth-order valence-corrected chi connectivity index (χ4v) is 4.03. The highest BCUT2D eigenvalue weighted by Gasteiger charge is 2.53. The third kappa shape index (κ3) is 5.40. The zero-order valence-electron chi connectivity index (χ0n) is 16.3. The summed E-state index contributed by atoms with van der Waals surface area (Å²) in [5.41, 5.74) is -2.27. The molecule has 25 heavy (non-hydrogen) atoms. The summed E-state index contributed by atoms with van der Waals surface area (Å²) in [6.07, 6.45) is 1.92. The van der Waals surface area contributed by atoms with Gasteiger partial charge in [-0.3, -0.25) is 4.79 Å². The molecule has 1 aliphatic heterocycles. The molecule has 0 unspecified atom stereocenters. The van der Waals surface area contributed by atoms with Crippen molar-refractivity contribution in [2.75, 3.05) is 6.61 Å². The number of rotatable bonds is 5. The van der Waals surface area contributed by atoms with E-state index in [1.807, 2.05) is 19.6 Å². The molecule has 7 nitrogen and oxygen atoms in total. The quantitative estimate of drug-likeness (QED) is 0.546. The fourth-order valence-electron chi connectivity index (χ4n) is 2.55. The molecule has 0 saturated carbocycles. The molecule has 0 aromatic carbocycles. The van der Waals surface area contributed by atoms with Gasteiger partial charge in [-0.05, 0) is 54.3 Å². The number of hydrogen-bond donors (Lipinski definition) is 0. The Morgan fingerprint density at radius 2 is 1.76 bits per heavy atom. The molecule has 1 rings (SSSR count). The minimum atomic E-state index is -2.21. The van der Waals surface area contributed by atoms with Gasteiger partial charge in [0.2, 0.25) is 0 Å². The van der Waals surface area contributed by atoms with Crippen LogP contribution in [0.25, 0.3) is 0 Å². The number of imide groups is 1. The van der Waals surface area contributed by atoms with Crippen molar-refractivity contribution in [3.63, 3.8) is 0 Å². The van der Waals surface area contributed by atoms with E-state index in [1.165, 1.54) is 12.2 Å². The summed E-state index contributed by atoms with van der Waals surface area (Å²) in [6.45, 7) is 14.3. The van der Waals surface area contributed by atoms with Gasteiger partial charge in [0.05, 0.1) is 6.61 Å². The van der Waals surface area contributed by atoms with Crippen LogP contribution in [0.15, 0.2) is 12.2 Å². The Kier molecular flexibility index (Phi) is 6.23. The predicted octanol–water partition coefficient (Wildman–Crippen LogP) is 2.86. The van der Waals surface area contributed by atoms with Gasteiger partial charge >= 0.3 is 12.1 Å². The van der Waals surface area contributed by atoms with Gasteiger partial charge in [0.1, 0.15) is 11.6 Å². The molecule has 2 atom stereocenters. The van der Waals surface area contributed by atoms with Gasteiger partial charge in [-0.1, -0.05) is 6.08 Å². The lowest BCUT2D eigenvalue weighted by Gasteiger charge is -2.40. The van der Waals surface area contributed by atoms with Crippen molar-refractivity contribution in [3.05, 3.63) is 12.2 Å². The number of carbonyl (C=O) groups is 3. The Bertz CT molecular complexity index is 575. The van der Waals surface area contributed by atoms with E-state index in [2.05, 4.69) is 0 Å². The van der Waals surface area contributed by atoms with Gasteiger partial charge in [-0.2, -0.15) is 0 Å². The summed E-state index contributed by atoms with van der Waals surface area (Å²) in [7, 11) is -2.21. The first-order chi connectivity index (χ1) is 11.2. The smallest absolute Gasteiger partial charge is 0.417 e. The molecular weight excluding hydrogens is 342 g/mol. The lowest BCUT2D eigenvalue weighted by Crippen LogP contribution is -2.61. The second-order valence-corrected chi connectivity index (χ2v) is 12.5. The number of hydrogen-bond acceptors (Lipinski definition) is 6. The van der Waals surface area contributed by atoms with E-state index < -0.39 is 43.5 Å². The zero-order chi connectivity index (χ0) is 19.6. The third-order valence-electron chi connectivity index (χ3n) is 3.29. The first kappa shape index (κ1) is 21.4. The summed E-state index contributed by atoms with van der Waals surface area (Å²) in [5.74, 6) is -1.16. The monoisotopic (exact) mass is 371 g/mol. The van der Waals surface area contributed by atoms with E-state index in [0.717, 1.165) is 4.90 Å². The molecule has 0 aromatic heterocycles. The maximum absolute atomic E-state index is 12.6. The number of esters is 1. The minimum Gasteiger partial charge on any atom is -0.464 e. The van der Waals surface area contributed by atoms with Crippen molar-refractivity contribution in [3.8, 4) is 0 Å². The van der Waals surface area contributed by atoms with Crippen LogP contribution < -0.4 is 0 Å².